The summed E-state index contributed by atoms with van der Waals surface area (Å²) in [5, 5.41) is 1.99. The van der Waals surface area contributed by atoms with E-state index in [4.69, 9.17) is 5.84 Å². The van der Waals surface area contributed by atoms with E-state index in [2.05, 4.69) is 21.4 Å². The van der Waals surface area contributed by atoms with Gasteiger partial charge in [-0.1, -0.05) is 0 Å². The van der Waals surface area contributed by atoms with Crippen molar-refractivity contribution in [2.75, 3.05) is 0 Å². The Morgan fingerprint density at radius 1 is 1.16 bits per heavy atom. The lowest BCUT2D eigenvalue weighted by atomic mass is 10.0. The molecule has 2 aromatic rings. The maximum absolute atomic E-state index is 13.1. The van der Waals surface area contributed by atoms with Crippen LogP contribution in [0, 0.1) is 11.6 Å². The second-order valence-corrected chi connectivity index (χ2v) is 6.19. The van der Waals surface area contributed by atoms with Crippen molar-refractivity contribution in [1.82, 2.24) is 5.43 Å². The number of hydrogen-bond acceptors (Lipinski definition) is 3. The van der Waals surface area contributed by atoms with E-state index in [0.717, 1.165) is 15.4 Å². The third-order valence-electron chi connectivity index (χ3n) is 2.71. The molecule has 0 saturated carbocycles. The molecule has 0 aliphatic rings. The van der Waals surface area contributed by atoms with Crippen LogP contribution < -0.4 is 11.3 Å². The Kier molecular flexibility index (Phi) is 5.04. The first kappa shape index (κ1) is 14.6. The van der Waals surface area contributed by atoms with Gasteiger partial charge in [-0.05, 0) is 52.5 Å². The van der Waals surface area contributed by atoms with E-state index >= 15 is 0 Å². The minimum Gasteiger partial charge on any atom is -0.271 e. The van der Waals surface area contributed by atoms with E-state index in [1.165, 1.54) is 12.1 Å². The second kappa shape index (κ2) is 6.56. The zero-order chi connectivity index (χ0) is 13.8. The summed E-state index contributed by atoms with van der Waals surface area (Å²) in [7, 11) is 0. The van der Waals surface area contributed by atoms with Crippen molar-refractivity contribution in [3.8, 4) is 0 Å². The van der Waals surface area contributed by atoms with Crippen LogP contribution in [0.3, 0.4) is 0 Å². The average Bonchev–Trinajstić information content (AvgIpc) is 2.72. The summed E-state index contributed by atoms with van der Waals surface area (Å²) in [5.41, 5.74) is 3.29. The number of thiophene rings is 1. The molecule has 0 aliphatic carbocycles. The molecular formula is C13H13BrF2N2S. The van der Waals surface area contributed by atoms with E-state index in [0.29, 0.717) is 18.4 Å². The molecule has 0 fully saturated rings. The summed E-state index contributed by atoms with van der Waals surface area (Å²) in [4.78, 5) is 1.16. The molecule has 0 amide bonds. The minimum atomic E-state index is -0.565. The van der Waals surface area contributed by atoms with Gasteiger partial charge in [-0.3, -0.25) is 11.3 Å². The molecule has 0 bridgehead atoms. The second-order valence-electron chi connectivity index (χ2n) is 4.28. The van der Waals surface area contributed by atoms with Crippen LogP contribution in [0.2, 0.25) is 0 Å². The van der Waals surface area contributed by atoms with Crippen LogP contribution in [0.4, 0.5) is 8.78 Å². The van der Waals surface area contributed by atoms with Crippen molar-refractivity contribution in [2.24, 2.45) is 5.84 Å². The zero-order valence-corrected chi connectivity index (χ0v) is 12.4. The van der Waals surface area contributed by atoms with Gasteiger partial charge in [0.2, 0.25) is 0 Å². The van der Waals surface area contributed by atoms with Gasteiger partial charge in [0, 0.05) is 26.8 Å². The Bertz CT molecular complexity index is 539. The number of hydrogen-bond donors (Lipinski definition) is 2. The summed E-state index contributed by atoms with van der Waals surface area (Å²) in [6.45, 7) is 0. The van der Waals surface area contributed by atoms with E-state index in [9.17, 15) is 8.78 Å². The van der Waals surface area contributed by atoms with Crippen molar-refractivity contribution in [3.63, 3.8) is 0 Å². The molecule has 19 heavy (non-hydrogen) atoms. The van der Waals surface area contributed by atoms with Gasteiger partial charge < -0.3 is 0 Å². The number of hydrazine groups is 1. The van der Waals surface area contributed by atoms with E-state index in [1.807, 2.05) is 11.4 Å². The molecule has 6 heteroatoms. The highest BCUT2D eigenvalue weighted by molar-refractivity contribution is 9.10. The molecule has 2 nitrogen and oxygen atoms in total. The monoisotopic (exact) mass is 346 g/mol. The molecule has 1 unspecified atom stereocenters. The Balaban J connectivity index is 2.06. The van der Waals surface area contributed by atoms with Crippen molar-refractivity contribution in [2.45, 2.75) is 18.9 Å². The van der Waals surface area contributed by atoms with Crippen molar-refractivity contribution in [3.05, 3.63) is 56.2 Å². The first-order valence-electron chi connectivity index (χ1n) is 5.71. The molecule has 1 atom stereocenters. The summed E-state index contributed by atoms with van der Waals surface area (Å²) in [5.74, 6) is 4.38. The molecule has 1 aromatic carbocycles. The Labute approximate surface area is 122 Å². The fourth-order valence-electron chi connectivity index (χ4n) is 1.91. The molecule has 0 aliphatic heterocycles. The summed E-state index contributed by atoms with van der Waals surface area (Å²) < 4.78 is 27.3. The predicted molar refractivity (Wildman–Crippen MR) is 76.9 cm³/mol. The molecule has 1 aromatic heterocycles. The van der Waals surface area contributed by atoms with Crippen LogP contribution in [-0.4, -0.2) is 6.04 Å². The quantitative estimate of drug-likeness (QED) is 0.643. The number of nitrogens with one attached hydrogen (secondary N) is 1. The highest BCUT2D eigenvalue weighted by Crippen LogP contribution is 2.22. The highest BCUT2D eigenvalue weighted by atomic mass is 79.9. The molecule has 1 heterocycles. The van der Waals surface area contributed by atoms with Gasteiger partial charge in [0.05, 0.1) is 0 Å². The topological polar surface area (TPSA) is 38.0 Å². The number of nitrogens with two attached hydrogens (primary N) is 1. The van der Waals surface area contributed by atoms with E-state index in [-0.39, 0.29) is 6.04 Å². The molecule has 0 spiro atoms. The number of rotatable bonds is 5. The van der Waals surface area contributed by atoms with Gasteiger partial charge >= 0.3 is 0 Å². The van der Waals surface area contributed by atoms with Crippen molar-refractivity contribution in [1.29, 1.82) is 0 Å². The molecule has 3 N–H and O–H groups in total. The van der Waals surface area contributed by atoms with Crippen LogP contribution in [0.1, 0.15) is 10.4 Å². The van der Waals surface area contributed by atoms with Gasteiger partial charge in [-0.25, -0.2) is 8.78 Å². The molecule has 102 valence electrons. The first-order valence-corrected chi connectivity index (χ1v) is 7.38. The summed E-state index contributed by atoms with van der Waals surface area (Å²) in [6, 6.07) is 5.48. The van der Waals surface area contributed by atoms with Crippen molar-refractivity contribution < 1.29 is 8.78 Å². The number of halogens is 3. The zero-order valence-electron chi connectivity index (χ0n) is 10.00. The lowest BCUT2D eigenvalue weighted by Gasteiger charge is -2.15. The lowest BCUT2D eigenvalue weighted by Crippen LogP contribution is -2.38. The summed E-state index contributed by atoms with van der Waals surface area (Å²) >= 11 is 5.01. The SMILES string of the molecule is NNC(Cc1cc(F)cc(F)c1)Cc1cc(Br)cs1. The molecule has 0 saturated heterocycles. The highest BCUT2D eigenvalue weighted by Gasteiger charge is 2.12. The maximum Gasteiger partial charge on any atom is 0.126 e. The normalized spacial score (nSPS) is 12.6. The van der Waals surface area contributed by atoms with Crippen LogP contribution in [0.5, 0.6) is 0 Å². The number of benzene rings is 1. The van der Waals surface area contributed by atoms with Crippen LogP contribution in [-0.2, 0) is 12.8 Å². The van der Waals surface area contributed by atoms with Gasteiger partial charge in [0.1, 0.15) is 11.6 Å². The lowest BCUT2D eigenvalue weighted by molar-refractivity contribution is 0.519. The standard InChI is InChI=1S/C13H13BrF2N2S/c14-9-4-13(19-7-9)6-12(18-17)3-8-1-10(15)5-11(16)2-8/h1-2,4-5,7,12,18H,3,6,17H2. The smallest absolute Gasteiger partial charge is 0.126 e. The largest absolute Gasteiger partial charge is 0.271 e. The Morgan fingerprint density at radius 2 is 1.84 bits per heavy atom. The van der Waals surface area contributed by atoms with Gasteiger partial charge in [0.15, 0.2) is 0 Å². The Hall–Kier alpha value is -0.820. The average molecular weight is 347 g/mol. The molecule has 0 radical (unpaired) electrons. The fourth-order valence-corrected chi connectivity index (χ4v) is 3.44. The van der Waals surface area contributed by atoms with Gasteiger partial charge in [-0.15, -0.1) is 11.3 Å². The van der Waals surface area contributed by atoms with Gasteiger partial charge in [0.25, 0.3) is 0 Å². The minimum absolute atomic E-state index is 0.0632. The summed E-state index contributed by atoms with van der Waals surface area (Å²) in [6.07, 6.45) is 1.19. The third-order valence-corrected chi connectivity index (χ3v) is 4.43. The first-order chi connectivity index (χ1) is 9.06. The van der Waals surface area contributed by atoms with Crippen molar-refractivity contribution >= 4 is 27.3 Å². The third kappa shape index (κ3) is 4.35. The maximum atomic E-state index is 13.1. The Morgan fingerprint density at radius 3 is 2.37 bits per heavy atom. The van der Waals surface area contributed by atoms with E-state index in [1.54, 1.807) is 11.3 Å². The van der Waals surface area contributed by atoms with Crippen LogP contribution >= 0.6 is 27.3 Å². The molecular weight excluding hydrogens is 334 g/mol. The molecule has 2 rings (SSSR count). The predicted octanol–water partition coefficient (Wildman–Crippen LogP) is 3.41. The fraction of sp³-hybridized carbons (Fsp3) is 0.231. The van der Waals surface area contributed by atoms with Crippen LogP contribution in [0.15, 0.2) is 34.1 Å². The van der Waals surface area contributed by atoms with Gasteiger partial charge in [-0.2, -0.15) is 0 Å². The van der Waals surface area contributed by atoms with Crippen LogP contribution in [0.25, 0.3) is 0 Å². The van der Waals surface area contributed by atoms with E-state index < -0.39 is 11.6 Å².